The number of nitrogens with zero attached hydrogens (tertiary/aromatic N) is 1. The Bertz CT molecular complexity index is 729. The van der Waals surface area contributed by atoms with E-state index in [1.165, 1.54) is 23.5 Å². The third-order valence-electron chi connectivity index (χ3n) is 2.95. The molecule has 0 unspecified atom stereocenters. The highest BCUT2D eigenvalue weighted by Gasteiger charge is 2.13. The van der Waals surface area contributed by atoms with Crippen molar-refractivity contribution < 1.29 is 24.2 Å². The van der Waals surface area contributed by atoms with Crippen molar-refractivity contribution in [2.24, 2.45) is 0 Å². The molecule has 0 saturated carbocycles. The minimum atomic E-state index is -1.08. The molecule has 0 radical (unpaired) electrons. The number of aliphatic carboxylic acids is 1. The highest BCUT2D eigenvalue weighted by atomic mass is 32.1. The lowest BCUT2D eigenvalue weighted by Crippen LogP contribution is -2.22. The third-order valence-corrected chi connectivity index (χ3v) is 3.86. The molecule has 0 aliphatic rings. The lowest BCUT2D eigenvalue weighted by molar-refractivity contribution is -0.139. The van der Waals surface area contributed by atoms with Gasteiger partial charge in [-0.25, -0.2) is 9.78 Å². The molecular weight excluding hydrogens is 332 g/mol. The Balaban J connectivity index is 2.06. The van der Waals surface area contributed by atoms with E-state index in [4.69, 9.17) is 14.6 Å². The summed E-state index contributed by atoms with van der Waals surface area (Å²) in [6.07, 6.45) is 1.73. The second kappa shape index (κ2) is 8.30. The van der Waals surface area contributed by atoms with Gasteiger partial charge in [0.15, 0.2) is 18.1 Å². The van der Waals surface area contributed by atoms with Crippen LogP contribution in [0.1, 0.15) is 27.2 Å². The fraction of sp³-hybridized carbons (Fsp3) is 0.312. The number of thiazole rings is 1. The maximum Gasteiger partial charge on any atom is 0.341 e. The summed E-state index contributed by atoms with van der Waals surface area (Å²) in [5.41, 5.74) is 0.405. The fourth-order valence-electron chi connectivity index (χ4n) is 1.93. The average molecular weight is 350 g/mol. The van der Waals surface area contributed by atoms with Gasteiger partial charge in [0.1, 0.15) is 0 Å². The van der Waals surface area contributed by atoms with E-state index in [0.717, 1.165) is 9.88 Å². The van der Waals surface area contributed by atoms with Crippen molar-refractivity contribution in [3.05, 3.63) is 39.8 Å². The summed E-state index contributed by atoms with van der Waals surface area (Å²) in [5.74, 6) is -0.722. The van der Waals surface area contributed by atoms with E-state index in [0.29, 0.717) is 24.5 Å². The van der Waals surface area contributed by atoms with Crippen molar-refractivity contribution in [3.8, 4) is 11.5 Å². The topological polar surface area (TPSA) is 97.8 Å². The number of carbonyl (C=O) groups is 2. The summed E-state index contributed by atoms with van der Waals surface area (Å²) in [4.78, 5) is 27.9. The largest absolute Gasteiger partial charge is 0.490 e. The Labute approximate surface area is 143 Å². The van der Waals surface area contributed by atoms with E-state index in [9.17, 15) is 9.59 Å². The van der Waals surface area contributed by atoms with E-state index in [1.807, 2.05) is 6.92 Å². The molecule has 1 heterocycles. The molecule has 0 aliphatic carbocycles. The molecule has 0 atom stereocenters. The van der Waals surface area contributed by atoms with E-state index in [1.54, 1.807) is 19.2 Å². The van der Waals surface area contributed by atoms with Crippen molar-refractivity contribution >= 4 is 23.2 Å². The smallest absolute Gasteiger partial charge is 0.341 e. The van der Waals surface area contributed by atoms with Gasteiger partial charge in [-0.1, -0.05) is 0 Å². The number of hydrogen-bond donors (Lipinski definition) is 2. The average Bonchev–Trinajstić information content (AvgIpc) is 2.97. The minimum Gasteiger partial charge on any atom is -0.490 e. The van der Waals surface area contributed by atoms with Crippen LogP contribution >= 0.6 is 11.3 Å². The predicted octanol–water partition coefficient (Wildman–Crippen LogP) is 2.24. The number of aromatic nitrogens is 1. The molecule has 8 heteroatoms. The molecule has 2 rings (SSSR count). The van der Waals surface area contributed by atoms with E-state index in [-0.39, 0.29) is 11.7 Å². The van der Waals surface area contributed by atoms with Gasteiger partial charge in [-0.2, -0.15) is 0 Å². The molecular formula is C16H18N2O5S. The van der Waals surface area contributed by atoms with Gasteiger partial charge in [-0.05, 0) is 32.0 Å². The van der Waals surface area contributed by atoms with Crippen molar-refractivity contribution in [3.63, 3.8) is 0 Å². The van der Waals surface area contributed by atoms with Gasteiger partial charge in [-0.3, -0.25) is 4.79 Å². The summed E-state index contributed by atoms with van der Waals surface area (Å²) in [6.45, 7) is 3.98. The Morgan fingerprint density at radius 3 is 2.71 bits per heavy atom. The zero-order valence-corrected chi connectivity index (χ0v) is 14.2. The van der Waals surface area contributed by atoms with Gasteiger partial charge in [0, 0.05) is 16.6 Å². The van der Waals surface area contributed by atoms with Gasteiger partial charge in [0.25, 0.3) is 5.91 Å². The molecule has 24 heavy (non-hydrogen) atoms. The van der Waals surface area contributed by atoms with Gasteiger partial charge in [0.05, 0.1) is 18.2 Å². The SMILES string of the molecule is CCOc1cc(C(=O)NCc2cnc(C)s2)ccc1OCC(=O)O. The summed E-state index contributed by atoms with van der Waals surface area (Å²) in [6, 6.07) is 4.63. The number of nitrogens with one attached hydrogen (secondary N) is 1. The van der Waals surface area contributed by atoms with Crippen molar-refractivity contribution in [1.82, 2.24) is 10.3 Å². The van der Waals surface area contributed by atoms with Crippen LogP contribution in [0.5, 0.6) is 11.5 Å². The quantitative estimate of drug-likeness (QED) is 0.758. The second-order valence-corrected chi connectivity index (χ2v) is 6.12. The maximum absolute atomic E-state index is 12.2. The Hall–Kier alpha value is -2.61. The van der Waals surface area contributed by atoms with E-state index < -0.39 is 12.6 Å². The number of rotatable bonds is 8. The number of benzene rings is 1. The maximum atomic E-state index is 12.2. The number of aryl methyl sites for hydroxylation is 1. The lowest BCUT2D eigenvalue weighted by atomic mass is 10.2. The zero-order chi connectivity index (χ0) is 17.5. The summed E-state index contributed by atoms with van der Waals surface area (Å²) in [7, 11) is 0. The van der Waals surface area contributed by atoms with Crippen LogP contribution < -0.4 is 14.8 Å². The van der Waals surface area contributed by atoms with Crippen LogP contribution in [0, 0.1) is 6.92 Å². The highest BCUT2D eigenvalue weighted by Crippen LogP contribution is 2.28. The number of carboxylic acids is 1. The third kappa shape index (κ3) is 4.95. The number of hydrogen-bond acceptors (Lipinski definition) is 6. The Morgan fingerprint density at radius 2 is 2.08 bits per heavy atom. The molecule has 0 bridgehead atoms. The molecule has 0 fully saturated rings. The number of amides is 1. The van der Waals surface area contributed by atoms with Crippen molar-refractivity contribution in [2.75, 3.05) is 13.2 Å². The monoisotopic (exact) mass is 350 g/mol. The molecule has 2 N–H and O–H groups in total. The number of ether oxygens (including phenoxy) is 2. The molecule has 1 aromatic heterocycles. The lowest BCUT2D eigenvalue weighted by Gasteiger charge is -2.12. The number of carbonyl (C=O) groups excluding carboxylic acids is 1. The van der Waals surface area contributed by atoms with E-state index in [2.05, 4.69) is 10.3 Å². The molecule has 128 valence electrons. The standard InChI is InChI=1S/C16H18N2O5S/c1-3-22-14-6-11(4-5-13(14)23-9-15(19)20)16(21)18-8-12-7-17-10(2)24-12/h4-7H,3,8-9H2,1-2H3,(H,18,21)(H,19,20). The normalized spacial score (nSPS) is 10.2. The van der Waals surface area contributed by atoms with Crippen molar-refractivity contribution in [1.29, 1.82) is 0 Å². The zero-order valence-electron chi connectivity index (χ0n) is 13.4. The molecule has 1 aromatic carbocycles. The Morgan fingerprint density at radius 1 is 1.29 bits per heavy atom. The van der Waals surface area contributed by atoms with Gasteiger partial charge < -0.3 is 19.9 Å². The predicted molar refractivity (Wildman–Crippen MR) is 88.8 cm³/mol. The van der Waals surface area contributed by atoms with Crippen LogP contribution in [0.2, 0.25) is 0 Å². The first-order valence-corrected chi connectivity index (χ1v) is 8.12. The second-order valence-electron chi connectivity index (χ2n) is 4.81. The first-order valence-electron chi connectivity index (χ1n) is 7.30. The van der Waals surface area contributed by atoms with Gasteiger partial charge >= 0.3 is 5.97 Å². The molecule has 1 amide bonds. The minimum absolute atomic E-state index is 0.258. The molecule has 7 nitrogen and oxygen atoms in total. The number of carboxylic acid groups (broad SMARTS) is 1. The molecule has 2 aromatic rings. The summed E-state index contributed by atoms with van der Waals surface area (Å²) >= 11 is 1.52. The van der Waals surface area contributed by atoms with Gasteiger partial charge in [0.2, 0.25) is 0 Å². The van der Waals surface area contributed by atoms with Crippen LogP contribution in [0.25, 0.3) is 0 Å². The van der Waals surface area contributed by atoms with Gasteiger partial charge in [-0.15, -0.1) is 11.3 Å². The molecule has 0 spiro atoms. The van der Waals surface area contributed by atoms with Crippen molar-refractivity contribution in [2.45, 2.75) is 20.4 Å². The summed E-state index contributed by atoms with van der Waals surface area (Å²) in [5, 5.41) is 12.4. The van der Waals surface area contributed by atoms with Crippen LogP contribution in [-0.2, 0) is 11.3 Å². The van der Waals surface area contributed by atoms with Crippen LogP contribution in [0.3, 0.4) is 0 Å². The molecule has 0 aliphatic heterocycles. The molecule has 0 saturated heterocycles. The van der Waals surface area contributed by atoms with Crippen LogP contribution in [-0.4, -0.2) is 35.2 Å². The first-order chi connectivity index (χ1) is 11.5. The summed E-state index contributed by atoms with van der Waals surface area (Å²) < 4.78 is 10.6. The van der Waals surface area contributed by atoms with Crippen LogP contribution in [0.15, 0.2) is 24.4 Å². The van der Waals surface area contributed by atoms with E-state index >= 15 is 0 Å². The Kier molecular flexibility index (Phi) is 6.14. The van der Waals surface area contributed by atoms with Crippen LogP contribution in [0.4, 0.5) is 0 Å². The first kappa shape index (κ1) is 17.7. The fourth-order valence-corrected chi connectivity index (χ4v) is 2.67. The highest BCUT2D eigenvalue weighted by molar-refractivity contribution is 7.11.